The third-order valence-corrected chi connectivity index (χ3v) is 3.42. The number of carboxylic acids is 1. The Labute approximate surface area is 118 Å². The first kappa shape index (κ1) is 14.1. The van der Waals surface area contributed by atoms with Crippen LogP contribution in [0.15, 0.2) is 17.5 Å². The second-order valence-corrected chi connectivity index (χ2v) is 5.03. The van der Waals surface area contributed by atoms with E-state index in [1.165, 1.54) is 21.0 Å². The second kappa shape index (κ2) is 6.24. The molecule has 0 spiro atoms. The maximum Gasteiger partial charge on any atom is 0.305 e. The number of nitrogens with zero attached hydrogens (tertiary/aromatic N) is 5. The molecule has 0 radical (unpaired) electrons. The van der Waals surface area contributed by atoms with Gasteiger partial charge in [0.25, 0.3) is 0 Å². The molecule has 0 aliphatic heterocycles. The van der Waals surface area contributed by atoms with E-state index in [0.717, 1.165) is 4.88 Å². The molecule has 2 aromatic rings. The van der Waals surface area contributed by atoms with Crippen LogP contribution in [0.3, 0.4) is 0 Å². The Morgan fingerprint density at radius 3 is 2.95 bits per heavy atom. The molecule has 9 heteroatoms. The van der Waals surface area contributed by atoms with Gasteiger partial charge >= 0.3 is 5.97 Å². The number of aliphatic carboxylic acids is 1. The Hall–Kier alpha value is -2.29. The predicted octanol–water partition coefficient (Wildman–Crippen LogP) is 0.335. The van der Waals surface area contributed by atoms with Gasteiger partial charge in [0.1, 0.15) is 6.54 Å². The first-order chi connectivity index (χ1) is 9.56. The van der Waals surface area contributed by atoms with Crippen molar-refractivity contribution < 1.29 is 14.7 Å². The molecule has 20 heavy (non-hydrogen) atoms. The zero-order valence-electron chi connectivity index (χ0n) is 10.8. The number of hydrogen-bond acceptors (Lipinski definition) is 6. The molecule has 0 bridgehead atoms. The molecule has 1 amide bonds. The standard InChI is InChI=1S/C11H13N5O3S/c1-15(5-4-10(18)19)9(17)7-16-13-11(12-14-16)8-3-2-6-20-8/h2-3,6H,4-5,7H2,1H3,(H,18,19). The van der Waals surface area contributed by atoms with Crippen LogP contribution in [0.2, 0.25) is 0 Å². The van der Waals surface area contributed by atoms with Crippen molar-refractivity contribution in [1.29, 1.82) is 0 Å². The molecule has 0 fully saturated rings. The fourth-order valence-electron chi connectivity index (χ4n) is 1.44. The summed E-state index contributed by atoms with van der Waals surface area (Å²) >= 11 is 1.49. The zero-order valence-corrected chi connectivity index (χ0v) is 11.6. The van der Waals surface area contributed by atoms with E-state index in [0.29, 0.717) is 5.82 Å². The third-order valence-electron chi connectivity index (χ3n) is 2.56. The van der Waals surface area contributed by atoms with Gasteiger partial charge in [0.05, 0.1) is 11.3 Å². The van der Waals surface area contributed by atoms with Crippen molar-refractivity contribution in [2.75, 3.05) is 13.6 Å². The van der Waals surface area contributed by atoms with E-state index in [9.17, 15) is 9.59 Å². The van der Waals surface area contributed by atoms with Gasteiger partial charge in [0.2, 0.25) is 11.7 Å². The maximum atomic E-state index is 11.8. The van der Waals surface area contributed by atoms with Crippen molar-refractivity contribution in [3.8, 4) is 10.7 Å². The van der Waals surface area contributed by atoms with Crippen LogP contribution in [0.4, 0.5) is 0 Å². The van der Waals surface area contributed by atoms with E-state index in [2.05, 4.69) is 15.4 Å². The Morgan fingerprint density at radius 2 is 2.30 bits per heavy atom. The highest BCUT2D eigenvalue weighted by Gasteiger charge is 2.14. The van der Waals surface area contributed by atoms with E-state index < -0.39 is 5.97 Å². The molecule has 0 aromatic carbocycles. The van der Waals surface area contributed by atoms with Gasteiger partial charge in [-0.15, -0.1) is 21.5 Å². The van der Waals surface area contributed by atoms with Gasteiger partial charge < -0.3 is 10.0 Å². The van der Waals surface area contributed by atoms with E-state index in [1.807, 2.05) is 17.5 Å². The summed E-state index contributed by atoms with van der Waals surface area (Å²) in [6, 6.07) is 3.75. The Balaban J connectivity index is 1.93. The molecule has 0 aliphatic carbocycles. The largest absolute Gasteiger partial charge is 0.481 e. The Bertz CT molecular complexity index is 595. The lowest BCUT2D eigenvalue weighted by atomic mass is 10.4. The van der Waals surface area contributed by atoms with Crippen molar-refractivity contribution >= 4 is 23.2 Å². The molecule has 0 atom stereocenters. The van der Waals surface area contributed by atoms with Gasteiger partial charge in [-0.3, -0.25) is 9.59 Å². The van der Waals surface area contributed by atoms with Crippen LogP contribution < -0.4 is 0 Å². The van der Waals surface area contributed by atoms with E-state index in [4.69, 9.17) is 5.11 Å². The number of carbonyl (C=O) groups is 2. The van der Waals surface area contributed by atoms with Crippen molar-refractivity contribution in [1.82, 2.24) is 25.1 Å². The summed E-state index contributed by atoms with van der Waals surface area (Å²) in [5.74, 6) is -0.731. The lowest BCUT2D eigenvalue weighted by Crippen LogP contribution is -2.32. The van der Waals surface area contributed by atoms with Crippen molar-refractivity contribution in [3.63, 3.8) is 0 Å². The molecule has 2 heterocycles. The molecule has 1 N–H and O–H groups in total. The summed E-state index contributed by atoms with van der Waals surface area (Å²) in [6.07, 6.45) is -0.0898. The van der Waals surface area contributed by atoms with Crippen LogP contribution >= 0.6 is 11.3 Å². The molecule has 0 unspecified atom stereocenters. The highest BCUT2D eigenvalue weighted by Crippen LogP contribution is 2.19. The predicted molar refractivity (Wildman–Crippen MR) is 71.0 cm³/mol. The summed E-state index contributed by atoms with van der Waals surface area (Å²) in [5.41, 5.74) is 0. The highest BCUT2D eigenvalue weighted by atomic mass is 32.1. The van der Waals surface area contributed by atoms with Crippen molar-refractivity contribution in [2.24, 2.45) is 0 Å². The first-order valence-corrected chi connectivity index (χ1v) is 6.71. The average Bonchev–Trinajstić information content (AvgIpc) is 3.05. The topological polar surface area (TPSA) is 101 Å². The van der Waals surface area contributed by atoms with Crippen molar-refractivity contribution in [2.45, 2.75) is 13.0 Å². The van der Waals surface area contributed by atoms with E-state index in [1.54, 1.807) is 7.05 Å². The molecule has 106 valence electrons. The smallest absolute Gasteiger partial charge is 0.305 e. The number of likely N-dealkylation sites (N-methyl/N-ethyl adjacent to an activating group) is 1. The molecule has 8 nitrogen and oxygen atoms in total. The van der Waals surface area contributed by atoms with Gasteiger partial charge in [-0.1, -0.05) is 6.07 Å². The molecule has 0 saturated heterocycles. The minimum absolute atomic E-state index is 0.0610. The number of tetrazole rings is 1. The lowest BCUT2D eigenvalue weighted by molar-refractivity contribution is -0.138. The first-order valence-electron chi connectivity index (χ1n) is 5.83. The molecule has 2 rings (SSSR count). The number of amides is 1. The molecular formula is C11H13N5O3S. The summed E-state index contributed by atoms with van der Waals surface area (Å²) < 4.78 is 0. The van der Waals surface area contributed by atoms with Gasteiger partial charge in [-0.2, -0.15) is 4.80 Å². The minimum atomic E-state index is -0.941. The number of hydrogen-bond donors (Lipinski definition) is 1. The van der Waals surface area contributed by atoms with Crippen LogP contribution in [0.5, 0.6) is 0 Å². The van der Waals surface area contributed by atoms with Gasteiger partial charge in [-0.05, 0) is 16.7 Å². The summed E-state index contributed by atoms with van der Waals surface area (Å²) in [5, 5.41) is 22.3. The van der Waals surface area contributed by atoms with Crippen LogP contribution in [0, 0.1) is 0 Å². The van der Waals surface area contributed by atoms with E-state index in [-0.39, 0.29) is 25.4 Å². The molecule has 2 aromatic heterocycles. The normalized spacial score (nSPS) is 10.4. The zero-order chi connectivity index (χ0) is 14.5. The number of carbonyl (C=O) groups excluding carboxylic acids is 1. The molecular weight excluding hydrogens is 282 g/mol. The quantitative estimate of drug-likeness (QED) is 0.824. The highest BCUT2D eigenvalue weighted by molar-refractivity contribution is 7.13. The van der Waals surface area contributed by atoms with Gasteiger partial charge in [-0.25, -0.2) is 0 Å². The fraction of sp³-hybridized carbons (Fsp3) is 0.364. The third kappa shape index (κ3) is 3.60. The van der Waals surface area contributed by atoms with Crippen LogP contribution in [-0.2, 0) is 16.1 Å². The maximum absolute atomic E-state index is 11.8. The number of carboxylic acid groups (broad SMARTS) is 1. The van der Waals surface area contributed by atoms with Gasteiger partial charge in [0, 0.05) is 13.6 Å². The molecule has 0 aliphatic rings. The van der Waals surface area contributed by atoms with Crippen LogP contribution in [-0.4, -0.2) is 55.7 Å². The SMILES string of the molecule is CN(CCC(=O)O)C(=O)Cn1nnc(-c2cccs2)n1. The summed E-state index contributed by atoms with van der Waals surface area (Å²) in [4.78, 5) is 25.7. The summed E-state index contributed by atoms with van der Waals surface area (Å²) in [6.45, 7) is 0.0924. The Morgan fingerprint density at radius 1 is 1.50 bits per heavy atom. The Kier molecular flexibility index (Phi) is 4.41. The average molecular weight is 295 g/mol. The second-order valence-electron chi connectivity index (χ2n) is 4.08. The number of thiophene rings is 1. The number of aromatic nitrogens is 4. The van der Waals surface area contributed by atoms with Crippen LogP contribution in [0.1, 0.15) is 6.42 Å². The van der Waals surface area contributed by atoms with Crippen LogP contribution in [0.25, 0.3) is 10.7 Å². The monoisotopic (exact) mass is 295 g/mol. The van der Waals surface area contributed by atoms with Crippen molar-refractivity contribution in [3.05, 3.63) is 17.5 Å². The fourth-order valence-corrected chi connectivity index (χ4v) is 2.09. The van der Waals surface area contributed by atoms with Gasteiger partial charge in [0.15, 0.2) is 0 Å². The lowest BCUT2D eigenvalue weighted by Gasteiger charge is -2.14. The number of rotatable bonds is 6. The summed E-state index contributed by atoms with van der Waals surface area (Å²) in [7, 11) is 1.54. The van der Waals surface area contributed by atoms with E-state index >= 15 is 0 Å². The molecule has 0 saturated carbocycles. The minimum Gasteiger partial charge on any atom is -0.481 e.